The van der Waals surface area contributed by atoms with Gasteiger partial charge >= 0.3 is 0 Å². The first-order chi connectivity index (χ1) is 15.6. The summed E-state index contributed by atoms with van der Waals surface area (Å²) in [6, 6.07) is 11.4. The number of hydrogen-bond acceptors (Lipinski definition) is 5. The largest absolute Gasteiger partial charge is 0.492 e. The van der Waals surface area contributed by atoms with Gasteiger partial charge in [-0.3, -0.25) is 14.7 Å². The molecule has 1 fully saturated rings. The molecular weight excluding hydrogens is 426 g/mol. The molecule has 0 radical (unpaired) electrons. The van der Waals surface area contributed by atoms with E-state index in [2.05, 4.69) is 9.88 Å². The lowest BCUT2D eigenvalue weighted by atomic mass is 9.89. The molecule has 1 amide bonds. The Morgan fingerprint density at radius 2 is 2.06 bits per heavy atom. The number of aromatic nitrogens is 1. The van der Waals surface area contributed by atoms with E-state index in [0.717, 1.165) is 69.9 Å². The standard InChI is InChI=1S/C25H32ClN3O3/c1-31-24-10-12-29-17-20(24)5-2-3-11-28(18-22-9-8-21(26)16-27-22)13-14-32-23-7-4-6-19(15-23)25(29)30/h4,6-9,15-16,20,24H,2-3,5,10-14,17-18H2,1H3/t20-,24+/m0/s1. The summed E-state index contributed by atoms with van der Waals surface area (Å²) in [6.07, 6.45) is 6.05. The molecule has 0 N–H and O–H groups in total. The van der Waals surface area contributed by atoms with Gasteiger partial charge in [0.15, 0.2) is 0 Å². The molecule has 2 aliphatic heterocycles. The highest BCUT2D eigenvalue weighted by atomic mass is 35.5. The zero-order valence-corrected chi connectivity index (χ0v) is 19.5. The summed E-state index contributed by atoms with van der Waals surface area (Å²) in [7, 11) is 1.79. The molecule has 2 aliphatic rings. The number of hydrogen-bond donors (Lipinski definition) is 0. The molecule has 172 valence electrons. The van der Waals surface area contributed by atoms with Gasteiger partial charge in [0.1, 0.15) is 12.4 Å². The van der Waals surface area contributed by atoms with Crippen LogP contribution in [-0.2, 0) is 11.3 Å². The molecule has 0 unspecified atom stereocenters. The van der Waals surface area contributed by atoms with Crippen molar-refractivity contribution in [1.82, 2.24) is 14.8 Å². The van der Waals surface area contributed by atoms with Gasteiger partial charge in [-0.1, -0.05) is 24.1 Å². The maximum absolute atomic E-state index is 13.1. The molecule has 0 aliphatic carbocycles. The number of benzene rings is 1. The first-order valence-corrected chi connectivity index (χ1v) is 11.9. The summed E-state index contributed by atoms with van der Waals surface area (Å²) in [5.74, 6) is 1.19. The number of piperidine rings is 1. The Morgan fingerprint density at radius 3 is 2.88 bits per heavy atom. The fraction of sp³-hybridized carbons (Fsp3) is 0.520. The Kier molecular flexibility index (Phi) is 8.00. The zero-order valence-electron chi connectivity index (χ0n) is 18.7. The second kappa shape index (κ2) is 11.1. The molecule has 1 saturated heterocycles. The number of amides is 1. The van der Waals surface area contributed by atoms with E-state index in [4.69, 9.17) is 21.1 Å². The average Bonchev–Trinajstić information content (AvgIpc) is 2.82. The first-order valence-electron chi connectivity index (χ1n) is 11.5. The molecule has 6 nitrogen and oxygen atoms in total. The lowest BCUT2D eigenvalue weighted by molar-refractivity contribution is -0.00676. The molecule has 0 spiro atoms. The molecule has 0 saturated carbocycles. The maximum Gasteiger partial charge on any atom is 0.254 e. The number of pyridine rings is 1. The summed E-state index contributed by atoms with van der Waals surface area (Å²) in [5.41, 5.74) is 1.69. The van der Waals surface area contributed by atoms with Gasteiger partial charge in [-0.05, 0) is 56.1 Å². The van der Waals surface area contributed by atoms with E-state index in [9.17, 15) is 4.79 Å². The minimum Gasteiger partial charge on any atom is -0.492 e. The third-order valence-electron chi connectivity index (χ3n) is 6.48. The van der Waals surface area contributed by atoms with Gasteiger partial charge in [0.25, 0.3) is 5.91 Å². The first kappa shape index (κ1) is 23.0. The molecule has 4 bridgehead atoms. The smallest absolute Gasteiger partial charge is 0.254 e. The average molecular weight is 458 g/mol. The second-order valence-electron chi connectivity index (χ2n) is 8.69. The van der Waals surface area contributed by atoms with Crippen molar-refractivity contribution >= 4 is 17.5 Å². The Bertz CT molecular complexity index is 892. The predicted molar refractivity (Wildman–Crippen MR) is 125 cm³/mol. The van der Waals surface area contributed by atoms with Crippen LogP contribution in [-0.4, -0.2) is 66.7 Å². The van der Waals surface area contributed by atoms with Crippen molar-refractivity contribution < 1.29 is 14.3 Å². The van der Waals surface area contributed by atoms with Gasteiger partial charge in [0.05, 0.1) is 16.8 Å². The molecule has 32 heavy (non-hydrogen) atoms. The maximum atomic E-state index is 13.1. The van der Waals surface area contributed by atoms with E-state index in [1.54, 1.807) is 13.3 Å². The second-order valence-corrected chi connectivity index (χ2v) is 9.13. The molecule has 1 aromatic carbocycles. The minimum atomic E-state index is 0.0836. The lowest BCUT2D eigenvalue weighted by Gasteiger charge is -2.38. The number of halogens is 1. The van der Waals surface area contributed by atoms with E-state index in [0.29, 0.717) is 23.1 Å². The van der Waals surface area contributed by atoms with Crippen molar-refractivity contribution in [1.29, 1.82) is 0 Å². The molecule has 2 aromatic rings. The van der Waals surface area contributed by atoms with E-state index in [1.807, 2.05) is 41.3 Å². The minimum absolute atomic E-state index is 0.0836. The lowest BCUT2D eigenvalue weighted by Crippen LogP contribution is -2.46. The fourth-order valence-electron chi connectivity index (χ4n) is 4.72. The Morgan fingerprint density at radius 1 is 1.16 bits per heavy atom. The summed E-state index contributed by atoms with van der Waals surface area (Å²) in [6.45, 7) is 4.57. The van der Waals surface area contributed by atoms with Crippen molar-refractivity contribution in [3.8, 4) is 5.75 Å². The van der Waals surface area contributed by atoms with E-state index in [-0.39, 0.29) is 12.0 Å². The quantitative estimate of drug-likeness (QED) is 0.688. The van der Waals surface area contributed by atoms with Crippen molar-refractivity contribution in [2.75, 3.05) is 39.9 Å². The van der Waals surface area contributed by atoms with Crippen LogP contribution in [0.15, 0.2) is 42.6 Å². The predicted octanol–water partition coefficient (Wildman–Crippen LogP) is 4.28. The van der Waals surface area contributed by atoms with Crippen LogP contribution in [0.1, 0.15) is 41.7 Å². The molecule has 3 heterocycles. The van der Waals surface area contributed by atoms with Crippen molar-refractivity contribution in [2.45, 2.75) is 38.3 Å². The number of ether oxygens (including phenoxy) is 2. The SMILES string of the molecule is CO[C@@H]1CCN2C[C@@H]1CCCCN(Cc1ccc(Cl)cn1)CCOc1cccc(c1)C2=O. The van der Waals surface area contributed by atoms with Crippen molar-refractivity contribution in [3.05, 3.63) is 58.9 Å². The van der Waals surface area contributed by atoms with Crippen LogP contribution < -0.4 is 4.74 Å². The Labute approximate surface area is 195 Å². The van der Waals surface area contributed by atoms with Gasteiger partial charge in [-0.2, -0.15) is 0 Å². The highest BCUT2D eigenvalue weighted by Crippen LogP contribution is 2.27. The van der Waals surface area contributed by atoms with E-state index < -0.39 is 0 Å². The number of methoxy groups -OCH3 is 1. The molecule has 7 heteroatoms. The van der Waals surface area contributed by atoms with Gasteiger partial charge in [-0.15, -0.1) is 0 Å². The van der Waals surface area contributed by atoms with Crippen LogP contribution in [0.5, 0.6) is 5.75 Å². The summed E-state index contributed by atoms with van der Waals surface area (Å²) < 4.78 is 11.8. The third kappa shape index (κ3) is 6.00. The van der Waals surface area contributed by atoms with Crippen LogP contribution in [0.4, 0.5) is 0 Å². The number of carbonyl (C=O) groups is 1. The Hall–Kier alpha value is -2.15. The third-order valence-corrected chi connectivity index (χ3v) is 6.71. The van der Waals surface area contributed by atoms with Gasteiger partial charge < -0.3 is 14.4 Å². The van der Waals surface area contributed by atoms with Crippen LogP contribution in [0.3, 0.4) is 0 Å². The fourth-order valence-corrected chi connectivity index (χ4v) is 4.83. The van der Waals surface area contributed by atoms with Gasteiger partial charge in [0.2, 0.25) is 0 Å². The van der Waals surface area contributed by atoms with Crippen molar-refractivity contribution in [2.24, 2.45) is 5.92 Å². The van der Waals surface area contributed by atoms with Crippen molar-refractivity contribution in [3.63, 3.8) is 0 Å². The van der Waals surface area contributed by atoms with Gasteiger partial charge in [-0.25, -0.2) is 0 Å². The highest BCUT2D eigenvalue weighted by Gasteiger charge is 2.31. The van der Waals surface area contributed by atoms with Crippen LogP contribution in [0.2, 0.25) is 5.02 Å². The van der Waals surface area contributed by atoms with Gasteiger partial charge in [0, 0.05) is 51.0 Å². The summed E-state index contributed by atoms with van der Waals surface area (Å²) in [4.78, 5) is 22.0. The Balaban J connectivity index is 1.50. The van der Waals surface area contributed by atoms with E-state index >= 15 is 0 Å². The molecule has 2 atom stereocenters. The van der Waals surface area contributed by atoms with Crippen LogP contribution in [0, 0.1) is 5.92 Å². The molecule has 1 aromatic heterocycles. The van der Waals surface area contributed by atoms with Crippen LogP contribution in [0.25, 0.3) is 0 Å². The summed E-state index contributed by atoms with van der Waals surface area (Å²) >= 11 is 5.99. The van der Waals surface area contributed by atoms with Crippen LogP contribution >= 0.6 is 11.6 Å². The normalized spacial score (nSPS) is 23.2. The number of fused-ring (bicyclic) bond motifs is 4. The zero-order chi connectivity index (χ0) is 22.3. The number of rotatable bonds is 3. The summed E-state index contributed by atoms with van der Waals surface area (Å²) in [5, 5.41) is 0.651. The van der Waals surface area contributed by atoms with E-state index in [1.165, 1.54) is 0 Å². The number of carbonyl (C=O) groups excluding carboxylic acids is 1. The molecule has 4 rings (SSSR count). The number of nitrogens with zero attached hydrogens (tertiary/aromatic N) is 3. The highest BCUT2D eigenvalue weighted by molar-refractivity contribution is 6.30. The monoisotopic (exact) mass is 457 g/mol. The molecular formula is C25H32ClN3O3. The topological polar surface area (TPSA) is 54.9 Å².